The third kappa shape index (κ3) is 3.04. The molecule has 0 unspecified atom stereocenters. The minimum atomic E-state index is -0.260. The monoisotopic (exact) mass is 315 g/mol. The molecule has 0 aliphatic carbocycles. The second-order valence-corrected chi connectivity index (χ2v) is 4.45. The van der Waals surface area contributed by atoms with Crippen LogP contribution in [0.4, 0.5) is 0 Å². The van der Waals surface area contributed by atoms with Gasteiger partial charge in [0.1, 0.15) is 0 Å². The molecule has 0 aliphatic rings. The Morgan fingerprint density at radius 3 is 3.06 bits per heavy atom. The molecule has 2 rings (SSSR count). The minimum absolute atomic E-state index is 0.203. The van der Waals surface area contributed by atoms with E-state index in [4.69, 9.17) is 11.6 Å². The smallest absolute Gasteiger partial charge is 0.252 e. The summed E-state index contributed by atoms with van der Waals surface area (Å²) in [7, 11) is 0. The lowest BCUT2D eigenvalue weighted by molar-refractivity contribution is 0.0949. The van der Waals surface area contributed by atoms with Gasteiger partial charge in [-0.1, -0.05) is 16.8 Å². The highest BCUT2D eigenvalue weighted by Gasteiger charge is 2.11. The van der Waals surface area contributed by atoms with E-state index in [2.05, 4.69) is 35.9 Å². The molecule has 0 atom stereocenters. The number of rotatable bonds is 3. The number of carbonyl (C=O) groups excluding carboxylic acids is 1. The van der Waals surface area contributed by atoms with E-state index in [1.54, 1.807) is 18.2 Å². The molecule has 1 heterocycles. The molecule has 1 aromatic carbocycles. The number of amides is 1. The second-order valence-electron chi connectivity index (χ2n) is 3.15. The first-order valence-electron chi connectivity index (χ1n) is 4.65. The predicted molar refractivity (Wildman–Crippen MR) is 64.6 cm³/mol. The largest absolute Gasteiger partial charge is 0.345 e. The van der Waals surface area contributed by atoms with E-state index in [0.717, 1.165) is 0 Å². The Kier molecular flexibility index (Phi) is 3.75. The van der Waals surface area contributed by atoms with Gasteiger partial charge < -0.3 is 9.84 Å². The van der Waals surface area contributed by atoms with Crippen molar-refractivity contribution >= 4 is 33.4 Å². The molecule has 0 fully saturated rings. The molecule has 0 radical (unpaired) electrons. The first-order chi connectivity index (χ1) is 8.16. The van der Waals surface area contributed by atoms with Crippen molar-refractivity contribution < 1.29 is 9.32 Å². The Bertz CT molecular complexity index is 530. The molecule has 0 aliphatic heterocycles. The van der Waals surface area contributed by atoms with Gasteiger partial charge in [0, 0.05) is 9.50 Å². The van der Waals surface area contributed by atoms with Gasteiger partial charge >= 0.3 is 0 Å². The van der Waals surface area contributed by atoms with Gasteiger partial charge in [-0.15, -0.1) is 0 Å². The third-order valence-electron chi connectivity index (χ3n) is 1.99. The van der Waals surface area contributed by atoms with Crippen molar-refractivity contribution in [2.24, 2.45) is 0 Å². The summed E-state index contributed by atoms with van der Waals surface area (Å²) in [6.07, 6.45) is 1.21. The van der Waals surface area contributed by atoms with Gasteiger partial charge in [-0.25, -0.2) is 0 Å². The summed E-state index contributed by atoms with van der Waals surface area (Å²) >= 11 is 9.10. The highest BCUT2D eigenvalue weighted by molar-refractivity contribution is 9.10. The molecule has 17 heavy (non-hydrogen) atoms. The van der Waals surface area contributed by atoms with Crippen molar-refractivity contribution in [1.29, 1.82) is 0 Å². The van der Waals surface area contributed by atoms with Crippen molar-refractivity contribution in [1.82, 2.24) is 15.5 Å². The maximum Gasteiger partial charge on any atom is 0.252 e. The van der Waals surface area contributed by atoms with Crippen LogP contribution in [0.15, 0.2) is 33.6 Å². The predicted octanol–water partition coefficient (Wildman–Crippen LogP) is 2.42. The van der Waals surface area contributed by atoms with Crippen LogP contribution in [-0.4, -0.2) is 16.0 Å². The molecular formula is C10H7BrClN3O2. The fraction of sp³-hybridized carbons (Fsp3) is 0.100. The van der Waals surface area contributed by atoms with Crippen LogP contribution in [0.5, 0.6) is 0 Å². The average Bonchev–Trinajstić information content (AvgIpc) is 2.82. The van der Waals surface area contributed by atoms with Crippen molar-refractivity contribution in [2.45, 2.75) is 6.54 Å². The second kappa shape index (κ2) is 5.29. The summed E-state index contributed by atoms with van der Waals surface area (Å²) in [5.74, 6) is 0.153. The normalized spacial score (nSPS) is 10.2. The fourth-order valence-corrected chi connectivity index (χ4v) is 1.80. The topological polar surface area (TPSA) is 68.0 Å². The Morgan fingerprint density at radius 1 is 1.53 bits per heavy atom. The van der Waals surface area contributed by atoms with Crippen molar-refractivity contribution in [2.75, 3.05) is 0 Å². The summed E-state index contributed by atoms with van der Waals surface area (Å²) in [6, 6.07) is 4.99. The summed E-state index contributed by atoms with van der Waals surface area (Å²) in [5, 5.41) is 6.74. The first kappa shape index (κ1) is 12.1. The minimum Gasteiger partial charge on any atom is -0.345 e. The van der Waals surface area contributed by atoms with Crippen LogP contribution < -0.4 is 5.32 Å². The van der Waals surface area contributed by atoms with Gasteiger partial charge in [0.2, 0.25) is 6.39 Å². The van der Waals surface area contributed by atoms with Crippen molar-refractivity contribution in [3.05, 3.63) is 45.5 Å². The Labute approximate surface area is 110 Å². The Balaban J connectivity index is 2.07. The summed E-state index contributed by atoms with van der Waals surface area (Å²) in [5.41, 5.74) is 0.459. The molecule has 1 N–H and O–H groups in total. The molecule has 7 heteroatoms. The molecule has 2 aromatic rings. The van der Waals surface area contributed by atoms with Crippen LogP contribution in [0.1, 0.15) is 16.2 Å². The number of aromatic nitrogens is 2. The quantitative estimate of drug-likeness (QED) is 0.944. The number of hydrogen-bond donors (Lipinski definition) is 1. The molecule has 0 bridgehead atoms. The molecule has 5 nitrogen and oxygen atoms in total. The SMILES string of the molecule is O=C(NCc1ncon1)c1cc(Cl)ccc1Br. The fourth-order valence-electron chi connectivity index (χ4n) is 1.20. The van der Waals surface area contributed by atoms with Gasteiger partial charge in [0.05, 0.1) is 12.1 Å². The summed E-state index contributed by atoms with van der Waals surface area (Å²) < 4.78 is 5.23. The standard InChI is InChI=1S/C10H7BrClN3O2/c11-8-2-1-6(12)3-7(8)10(16)13-4-9-14-5-17-15-9/h1-3,5H,4H2,(H,13,16). The van der Waals surface area contributed by atoms with Gasteiger partial charge in [0.25, 0.3) is 5.91 Å². The summed E-state index contributed by atoms with van der Waals surface area (Å²) in [6.45, 7) is 0.203. The lowest BCUT2D eigenvalue weighted by Gasteiger charge is -2.05. The lowest BCUT2D eigenvalue weighted by Crippen LogP contribution is -2.23. The Morgan fingerprint density at radius 2 is 2.35 bits per heavy atom. The molecular weight excluding hydrogens is 309 g/mol. The number of nitrogens with zero attached hydrogens (tertiary/aromatic N) is 2. The average molecular weight is 317 g/mol. The van der Waals surface area contributed by atoms with E-state index in [0.29, 0.717) is 20.9 Å². The zero-order chi connectivity index (χ0) is 12.3. The van der Waals surface area contributed by atoms with E-state index in [9.17, 15) is 4.79 Å². The van der Waals surface area contributed by atoms with E-state index < -0.39 is 0 Å². The van der Waals surface area contributed by atoms with Gasteiger partial charge in [-0.3, -0.25) is 4.79 Å². The van der Waals surface area contributed by atoms with Crippen molar-refractivity contribution in [3.63, 3.8) is 0 Å². The van der Waals surface area contributed by atoms with E-state index in [1.807, 2.05) is 0 Å². The molecule has 0 saturated heterocycles. The van der Waals surface area contributed by atoms with E-state index >= 15 is 0 Å². The van der Waals surface area contributed by atoms with Crippen LogP contribution in [0.3, 0.4) is 0 Å². The number of halogens is 2. The van der Waals surface area contributed by atoms with Crippen LogP contribution in [0.2, 0.25) is 5.02 Å². The number of carbonyl (C=O) groups is 1. The van der Waals surface area contributed by atoms with Crippen LogP contribution in [0.25, 0.3) is 0 Å². The van der Waals surface area contributed by atoms with Gasteiger partial charge in [0.15, 0.2) is 5.82 Å². The highest BCUT2D eigenvalue weighted by Crippen LogP contribution is 2.20. The third-order valence-corrected chi connectivity index (χ3v) is 2.91. The van der Waals surface area contributed by atoms with E-state index in [-0.39, 0.29) is 12.5 Å². The van der Waals surface area contributed by atoms with Crippen LogP contribution in [0, 0.1) is 0 Å². The summed E-state index contributed by atoms with van der Waals surface area (Å²) in [4.78, 5) is 15.6. The molecule has 88 valence electrons. The van der Waals surface area contributed by atoms with Crippen LogP contribution >= 0.6 is 27.5 Å². The van der Waals surface area contributed by atoms with Gasteiger partial charge in [-0.2, -0.15) is 4.98 Å². The van der Waals surface area contributed by atoms with Gasteiger partial charge in [-0.05, 0) is 34.1 Å². The molecule has 1 amide bonds. The zero-order valence-electron chi connectivity index (χ0n) is 8.48. The first-order valence-corrected chi connectivity index (χ1v) is 5.82. The van der Waals surface area contributed by atoms with E-state index in [1.165, 1.54) is 6.39 Å². The highest BCUT2D eigenvalue weighted by atomic mass is 79.9. The molecule has 0 saturated carbocycles. The lowest BCUT2D eigenvalue weighted by atomic mass is 10.2. The number of nitrogens with one attached hydrogen (secondary N) is 1. The van der Waals surface area contributed by atoms with Crippen molar-refractivity contribution in [3.8, 4) is 0 Å². The number of hydrogen-bond acceptors (Lipinski definition) is 4. The molecule has 0 spiro atoms. The maximum absolute atomic E-state index is 11.8. The maximum atomic E-state index is 11.8. The number of benzene rings is 1. The zero-order valence-corrected chi connectivity index (χ0v) is 10.8. The molecule has 1 aromatic heterocycles. The Hall–Kier alpha value is -1.40. The van der Waals surface area contributed by atoms with Crippen LogP contribution in [-0.2, 0) is 6.54 Å².